The number of nitrogen functional groups attached to an aromatic ring is 1. The lowest BCUT2D eigenvalue weighted by Crippen LogP contribution is -2.47. The van der Waals surface area contributed by atoms with E-state index in [0.717, 1.165) is 12.8 Å². The van der Waals surface area contributed by atoms with E-state index in [1.807, 2.05) is 27.7 Å². The Morgan fingerprint density at radius 1 is 0.627 bits per heavy atom. The van der Waals surface area contributed by atoms with Crippen molar-refractivity contribution >= 4 is 5.82 Å². The first-order valence-electron chi connectivity index (χ1n) is 20.0. The van der Waals surface area contributed by atoms with Crippen LogP contribution < -0.4 is 33.9 Å². The van der Waals surface area contributed by atoms with Crippen LogP contribution in [0.15, 0.2) is 60.8 Å². The second-order valence-electron chi connectivity index (χ2n) is 15.2. The van der Waals surface area contributed by atoms with E-state index in [9.17, 15) is 49.5 Å². The molecule has 0 bridgehead atoms. The normalized spacial score (nSPS) is 28.7. The fourth-order valence-corrected chi connectivity index (χ4v) is 8.00. The maximum atomic E-state index is 11.9. The molecule has 3 aromatic heterocycles. The van der Waals surface area contributed by atoms with Crippen LogP contribution in [-0.2, 0) is 14.2 Å². The Hall–Kier alpha value is -4.28. The smallest absolute Gasteiger partial charge is 0.351 e. The lowest BCUT2D eigenvalue weighted by Gasteiger charge is -2.31. The van der Waals surface area contributed by atoms with Crippen LogP contribution >= 0.6 is 0 Å². The minimum absolute atomic E-state index is 0.0861. The number of aromatic amines is 2. The predicted octanol–water partition coefficient (Wildman–Crippen LogP) is 0.0583. The molecule has 6 heterocycles. The molecule has 3 aliphatic rings. The van der Waals surface area contributed by atoms with Crippen LogP contribution in [0.3, 0.4) is 0 Å². The summed E-state index contributed by atoms with van der Waals surface area (Å²) in [6.07, 6.45) is 3.28. The Morgan fingerprint density at radius 3 is 1.34 bits per heavy atom. The average molecular weight is 838 g/mol. The molecule has 9 unspecified atom stereocenters. The maximum absolute atomic E-state index is 11.9. The van der Waals surface area contributed by atoms with E-state index in [1.54, 1.807) is 6.92 Å². The molecule has 20 nitrogen and oxygen atoms in total. The fraction of sp³-hybridized carbons (Fsp3) is 0.692. The lowest BCUT2D eigenvalue weighted by molar-refractivity contribution is -0.150. The lowest BCUT2D eigenvalue weighted by atomic mass is 9.79. The molecule has 332 valence electrons. The number of ether oxygens (including phenoxy) is 3. The first-order chi connectivity index (χ1) is 27.8. The molecule has 3 aliphatic heterocycles. The van der Waals surface area contributed by atoms with Gasteiger partial charge in [-0.2, -0.15) is 4.98 Å². The summed E-state index contributed by atoms with van der Waals surface area (Å²) in [7, 11) is 0. The van der Waals surface area contributed by atoms with Gasteiger partial charge in [0.1, 0.15) is 35.7 Å². The molecule has 3 saturated heterocycles. The minimum atomic E-state index is -1.48. The van der Waals surface area contributed by atoms with Gasteiger partial charge in [0.15, 0.2) is 0 Å². The maximum Gasteiger partial charge on any atom is 0.351 e. The van der Waals surface area contributed by atoms with Gasteiger partial charge in [0.05, 0.1) is 38.1 Å². The summed E-state index contributed by atoms with van der Waals surface area (Å²) >= 11 is 0. The Morgan fingerprint density at radius 2 is 1.00 bits per heavy atom. The third-order valence-electron chi connectivity index (χ3n) is 12.3. The Kier molecular flexibility index (Phi) is 16.9. The van der Waals surface area contributed by atoms with E-state index in [-0.39, 0.29) is 54.2 Å². The topological polar surface area (TPSA) is 299 Å². The second-order valence-corrected chi connectivity index (χ2v) is 15.2. The van der Waals surface area contributed by atoms with Crippen LogP contribution in [0.25, 0.3) is 0 Å². The number of anilines is 1. The number of aliphatic hydroxyl groups is 5. The average Bonchev–Trinajstić information content (AvgIpc) is 3.75. The van der Waals surface area contributed by atoms with Crippen LogP contribution in [0, 0.1) is 29.6 Å². The predicted molar refractivity (Wildman–Crippen MR) is 216 cm³/mol. The molecule has 0 amide bonds. The summed E-state index contributed by atoms with van der Waals surface area (Å²) < 4.78 is 21.4. The molecule has 9 N–H and O–H groups in total. The van der Waals surface area contributed by atoms with E-state index < -0.39 is 71.5 Å². The molecule has 59 heavy (non-hydrogen) atoms. The molecule has 9 atom stereocenters. The van der Waals surface area contributed by atoms with Crippen molar-refractivity contribution in [1.29, 1.82) is 0 Å². The number of nitrogens with one attached hydrogen (secondary N) is 2. The monoisotopic (exact) mass is 837 g/mol. The number of nitrogens with zero attached hydrogens (tertiary/aromatic N) is 4. The number of nitrogens with two attached hydrogens (primary N) is 1. The fourth-order valence-electron chi connectivity index (χ4n) is 8.00. The quantitative estimate of drug-likeness (QED) is 0.141. The van der Waals surface area contributed by atoms with Gasteiger partial charge >= 0.3 is 17.1 Å². The highest BCUT2D eigenvalue weighted by molar-refractivity contribution is 5.23. The summed E-state index contributed by atoms with van der Waals surface area (Å²) in [5, 5.41) is 47.6. The number of H-pyrrole nitrogens is 2. The number of rotatable bonds is 9. The van der Waals surface area contributed by atoms with Gasteiger partial charge in [0.25, 0.3) is 11.1 Å². The van der Waals surface area contributed by atoms with E-state index in [4.69, 9.17) is 19.9 Å². The Balaban J connectivity index is 0.000000231. The van der Waals surface area contributed by atoms with Crippen molar-refractivity contribution < 1.29 is 39.7 Å². The largest absolute Gasteiger partial charge is 0.393 e. The van der Waals surface area contributed by atoms with Gasteiger partial charge < -0.3 is 45.5 Å². The molecule has 0 aromatic carbocycles. The molecular weight excluding hydrogens is 774 g/mol. The second kappa shape index (κ2) is 20.3. The third-order valence-corrected chi connectivity index (χ3v) is 12.3. The molecule has 0 spiro atoms. The molecule has 6 rings (SSSR count). The Bertz CT molecular complexity index is 2000. The van der Waals surface area contributed by atoms with E-state index in [1.165, 1.54) is 50.5 Å². The van der Waals surface area contributed by atoms with Crippen LogP contribution in [0.2, 0.25) is 0 Å². The van der Waals surface area contributed by atoms with Gasteiger partial charge in [-0.25, -0.2) is 14.4 Å². The van der Waals surface area contributed by atoms with Gasteiger partial charge in [0, 0.05) is 48.5 Å². The highest BCUT2D eigenvalue weighted by atomic mass is 16.6. The van der Waals surface area contributed by atoms with Crippen molar-refractivity contribution in [1.82, 2.24) is 28.7 Å². The van der Waals surface area contributed by atoms with Crippen LogP contribution in [0.4, 0.5) is 5.82 Å². The van der Waals surface area contributed by atoms with Crippen molar-refractivity contribution in [3.63, 3.8) is 0 Å². The molecule has 3 fully saturated rings. The summed E-state index contributed by atoms with van der Waals surface area (Å²) in [5.41, 5.74) is 0.229. The van der Waals surface area contributed by atoms with Crippen molar-refractivity contribution in [2.75, 3.05) is 32.2 Å². The highest BCUT2D eigenvalue weighted by Crippen LogP contribution is 2.48. The van der Waals surface area contributed by atoms with E-state index in [0.29, 0.717) is 5.92 Å². The van der Waals surface area contributed by atoms with Gasteiger partial charge in [-0.3, -0.25) is 33.3 Å². The van der Waals surface area contributed by atoms with Crippen LogP contribution in [-0.4, -0.2) is 104 Å². The molecular formula is C39H63N7O13. The zero-order valence-corrected chi connectivity index (χ0v) is 35.3. The van der Waals surface area contributed by atoms with Gasteiger partial charge in [-0.1, -0.05) is 62.3 Å². The number of hydrogen-bond donors (Lipinski definition) is 8. The molecule has 0 radical (unpaired) electrons. The van der Waals surface area contributed by atoms with Crippen molar-refractivity contribution in [3.05, 3.63) is 89.0 Å². The first-order valence-corrected chi connectivity index (χ1v) is 20.0. The standard InChI is InChI=1S/C14H22N2O3.C12H18N2O5.C11H17N3O5.C2H6/c1-5-14(6-2)10(4)9(3)12(19-14)16-8-7-11(17)15-13(16)18;1-7-8(2)12(5-15,6-16)19-10(7)14-4-3-9(17)13-11(14)18;1-6-8(17)11(4-15,5-16)19-9(6)14-3-2-7(12)13-10(14)18;1-2/h7-10,12H,5-6H2,1-4H3,(H,15,17,18);3-4,7-8,10,15-16H,5-6H2,1-2H3,(H,13,17,18);2-3,6,8-9,15-17H,4-5H2,1H3,(H2,12,13,18);1-2H3. The number of hydrogen-bond acceptors (Lipinski definition) is 15. The van der Waals surface area contributed by atoms with Gasteiger partial charge in [-0.05, 0) is 30.7 Å². The van der Waals surface area contributed by atoms with E-state index in [2.05, 4.69) is 42.6 Å². The zero-order chi connectivity index (χ0) is 44.6. The molecule has 0 saturated carbocycles. The molecule has 20 heteroatoms. The van der Waals surface area contributed by atoms with Crippen molar-refractivity contribution in [2.45, 2.75) is 117 Å². The van der Waals surface area contributed by atoms with E-state index >= 15 is 0 Å². The summed E-state index contributed by atoms with van der Waals surface area (Å²) in [6, 6.07) is 4.03. The summed E-state index contributed by atoms with van der Waals surface area (Å²) in [5.74, 6) is -0.0467. The minimum Gasteiger partial charge on any atom is -0.393 e. The van der Waals surface area contributed by atoms with Crippen LogP contribution in [0.1, 0.15) is 93.8 Å². The number of aromatic nitrogens is 6. The molecule has 0 aliphatic carbocycles. The van der Waals surface area contributed by atoms with Gasteiger partial charge in [0.2, 0.25) is 0 Å². The zero-order valence-electron chi connectivity index (χ0n) is 35.3. The highest BCUT2D eigenvalue weighted by Gasteiger charge is 2.54. The Labute approximate surface area is 341 Å². The van der Waals surface area contributed by atoms with Crippen molar-refractivity contribution in [3.8, 4) is 0 Å². The SMILES string of the molecule is CC.CC1C(n2ccc(=O)[nH]c2=O)OC(CO)(CO)C1C.CC1C(n2ccc(N)nc2=O)OC(CO)(CO)C1O.CCC1(CC)OC(n2ccc(=O)[nH]c2=O)C(C)C1C. The van der Waals surface area contributed by atoms with Crippen LogP contribution in [0.5, 0.6) is 0 Å². The summed E-state index contributed by atoms with van der Waals surface area (Å²) in [4.78, 5) is 65.6. The third kappa shape index (κ3) is 9.70. The summed E-state index contributed by atoms with van der Waals surface area (Å²) in [6.45, 7) is 16.1. The van der Waals surface area contributed by atoms with Gasteiger partial charge in [-0.15, -0.1) is 0 Å². The number of aliphatic hydroxyl groups excluding tert-OH is 5. The van der Waals surface area contributed by atoms with Crippen molar-refractivity contribution in [2.24, 2.45) is 29.6 Å². The molecule has 3 aromatic rings. The first kappa shape index (κ1) is 49.1.